The zero-order valence-electron chi connectivity index (χ0n) is 10.7. The molecule has 4 heteroatoms. The Bertz CT molecular complexity index is 526. The van der Waals surface area contributed by atoms with E-state index in [0.717, 1.165) is 17.1 Å². The molecule has 0 radical (unpaired) electrons. The molecule has 0 fully saturated rings. The standard InChI is InChI=1S/C15H15NO2S/c1-18-14-4-2-13(3-5-14)15(17)11-19-10-12-6-8-16-9-7-12/h2-9H,10-11H2,1H3. The van der Waals surface area contributed by atoms with Crippen molar-refractivity contribution in [1.82, 2.24) is 4.98 Å². The summed E-state index contributed by atoms with van der Waals surface area (Å²) in [5, 5.41) is 0. The molecule has 3 nitrogen and oxygen atoms in total. The van der Waals surface area contributed by atoms with Gasteiger partial charge in [-0.15, -0.1) is 11.8 Å². The van der Waals surface area contributed by atoms with E-state index >= 15 is 0 Å². The summed E-state index contributed by atoms with van der Waals surface area (Å²) in [6.45, 7) is 0. The van der Waals surface area contributed by atoms with Gasteiger partial charge in [0.05, 0.1) is 12.9 Å². The Hall–Kier alpha value is -1.81. The minimum atomic E-state index is 0.140. The number of Topliss-reactive ketones (excluding diaryl/α,β-unsaturated/α-hetero) is 1. The molecule has 2 rings (SSSR count). The minimum absolute atomic E-state index is 0.140. The number of rotatable bonds is 6. The molecule has 1 aromatic carbocycles. The molecular formula is C15H15NO2S. The number of hydrogen-bond acceptors (Lipinski definition) is 4. The number of pyridine rings is 1. The molecule has 0 aliphatic rings. The van der Waals surface area contributed by atoms with Crippen LogP contribution in [0.5, 0.6) is 5.75 Å². The van der Waals surface area contributed by atoms with E-state index in [-0.39, 0.29) is 5.78 Å². The fourth-order valence-corrected chi connectivity index (χ4v) is 2.48. The zero-order chi connectivity index (χ0) is 13.5. The molecule has 0 N–H and O–H groups in total. The van der Waals surface area contributed by atoms with Gasteiger partial charge in [0.1, 0.15) is 5.75 Å². The average molecular weight is 273 g/mol. The number of aromatic nitrogens is 1. The fraction of sp³-hybridized carbons (Fsp3) is 0.200. The van der Waals surface area contributed by atoms with Crippen molar-refractivity contribution in [2.24, 2.45) is 0 Å². The van der Waals surface area contributed by atoms with Gasteiger partial charge in [-0.25, -0.2) is 0 Å². The number of carbonyl (C=O) groups is 1. The molecule has 19 heavy (non-hydrogen) atoms. The third kappa shape index (κ3) is 4.10. The molecule has 1 aromatic heterocycles. The van der Waals surface area contributed by atoms with Gasteiger partial charge in [0.2, 0.25) is 0 Å². The van der Waals surface area contributed by atoms with Gasteiger partial charge >= 0.3 is 0 Å². The predicted octanol–water partition coefficient (Wildman–Crippen LogP) is 3.21. The van der Waals surface area contributed by atoms with Gasteiger partial charge in [-0.2, -0.15) is 0 Å². The third-order valence-corrected chi connectivity index (χ3v) is 3.67. The zero-order valence-corrected chi connectivity index (χ0v) is 11.5. The van der Waals surface area contributed by atoms with E-state index in [1.807, 2.05) is 12.1 Å². The van der Waals surface area contributed by atoms with E-state index in [1.54, 1.807) is 55.5 Å². The number of carbonyl (C=O) groups excluding carboxylic acids is 1. The van der Waals surface area contributed by atoms with Crippen LogP contribution >= 0.6 is 11.8 Å². The van der Waals surface area contributed by atoms with E-state index in [0.29, 0.717) is 5.75 Å². The SMILES string of the molecule is COc1ccc(C(=O)CSCc2ccncc2)cc1. The normalized spacial score (nSPS) is 10.2. The lowest BCUT2D eigenvalue weighted by Gasteiger charge is -2.03. The number of benzene rings is 1. The Labute approximate surface area is 117 Å². The van der Waals surface area contributed by atoms with Crippen molar-refractivity contribution < 1.29 is 9.53 Å². The second-order valence-electron chi connectivity index (χ2n) is 4.00. The second kappa shape index (κ2) is 6.95. The van der Waals surface area contributed by atoms with Crippen LogP contribution in [0, 0.1) is 0 Å². The molecule has 0 atom stereocenters. The van der Waals surface area contributed by atoms with Gasteiger partial charge in [0, 0.05) is 23.7 Å². The largest absolute Gasteiger partial charge is 0.497 e. The maximum Gasteiger partial charge on any atom is 0.172 e. The summed E-state index contributed by atoms with van der Waals surface area (Å²) in [6.07, 6.45) is 3.53. The molecule has 0 saturated carbocycles. The Morgan fingerprint density at radius 1 is 1.16 bits per heavy atom. The van der Waals surface area contributed by atoms with E-state index < -0.39 is 0 Å². The number of ketones is 1. The number of thioether (sulfide) groups is 1. The van der Waals surface area contributed by atoms with Crippen molar-refractivity contribution in [1.29, 1.82) is 0 Å². The summed E-state index contributed by atoms with van der Waals surface area (Å²) in [5.41, 5.74) is 1.91. The summed E-state index contributed by atoms with van der Waals surface area (Å²) >= 11 is 1.61. The molecule has 98 valence electrons. The van der Waals surface area contributed by atoms with E-state index in [2.05, 4.69) is 4.98 Å². The van der Waals surface area contributed by atoms with Crippen LogP contribution in [0.25, 0.3) is 0 Å². The second-order valence-corrected chi connectivity index (χ2v) is 4.99. The average Bonchev–Trinajstić information content (AvgIpc) is 2.48. The van der Waals surface area contributed by atoms with Gasteiger partial charge in [0.25, 0.3) is 0 Å². The first-order valence-corrected chi connectivity index (χ1v) is 7.09. The third-order valence-electron chi connectivity index (χ3n) is 2.66. The van der Waals surface area contributed by atoms with Crippen molar-refractivity contribution in [3.8, 4) is 5.75 Å². The molecule has 0 amide bonds. The first-order valence-electron chi connectivity index (χ1n) is 5.93. The highest BCUT2D eigenvalue weighted by molar-refractivity contribution is 7.99. The van der Waals surface area contributed by atoms with Crippen LogP contribution in [0.3, 0.4) is 0 Å². The Balaban J connectivity index is 1.84. The Morgan fingerprint density at radius 3 is 2.47 bits per heavy atom. The minimum Gasteiger partial charge on any atom is -0.497 e. The lowest BCUT2D eigenvalue weighted by atomic mass is 10.1. The molecule has 0 aliphatic heterocycles. The molecule has 1 heterocycles. The van der Waals surface area contributed by atoms with Gasteiger partial charge in [-0.1, -0.05) is 0 Å². The van der Waals surface area contributed by atoms with Gasteiger partial charge in [0.15, 0.2) is 5.78 Å². The molecule has 0 aliphatic carbocycles. The van der Waals surface area contributed by atoms with E-state index in [9.17, 15) is 4.79 Å². The molecule has 0 saturated heterocycles. The predicted molar refractivity (Wildman–Crippen MR) is 77.7 cm³/mol. The topological polar surface area (TPSA) is 39.2 Å². The monoisotopic (exact) mass is 273 g/mol. The van der Waals surface area contributed by atoms with Gasteiger partial charge in [-0.3, -0.25) is 9.78 Å². The maximum atomic E-state index is 12.0. The summed E-state index contributed by atoms with van der Waals surface area (Å²) in [7, 11) is 1.61. The van der Waals surface area contributed by atoms with E-state index in [4.69, 9.17) is 4.74 Å². The van der Waals surface area contributed by atoms with Crippen molar-refractivity contribution in [3.05, 3.63) is 59.9 Å². The van der Waals surface area contributed by atoms with Crippen LogP contribution in [0.1, 0.15) is 15.9 Å². The first-order chi connectivity index (χ1) is 9.29. The van der Waals surface area contributed by atoms with Gasteiger partial charge in [-0.05, 0) is 42.0 Å². The molecule has 0 spiro atoms. The Morgan fingerprint density at radius 2 is 1.84 bits per heavy atom. The highest BCUT2D eigenvalue weighted by Gasteiger charge is 2.06. The van der Waals surface area contributed by atoms with Crippen molar-refractivity contribution in [2.75, 3.05) is 12.9 Å². The number of ether oxygens (including phenoxy) is 1. The highest BCUT2D eigenvalue weighted by Crippen LogP contribution is 2.16. The smallest absolute Gasteiger partial charge is 0.172 e. The number of methoxy groups -OCH3 is 1. The van der Waals surface area contributed by atoms with Crippen LogP contribution in [-0.2, 0) is 5.75 Å². The quantitative estimate of drug-likeness (QED) is 0.758. The lowest BCUT2D eigenvalue weighted by molar-refractivity contribution is 0.102. The molecule has 0 bridgehead atoms. The summed E-state index contributed by atoms with van der Waals surface area (Å²) in [5.74, 6) is 2.21. The molecule has 0 unspecified atom stereocenters. The van der Waals surface area contributed by atoms with Crippen LogP contribution in [0.15, 0.2) is 48.8 Å². The fourth-order valence-electron chi connectivity index (χ4n) is 1.60. The summed E-state index contributed by atoms with van der Waals surface area (Å²) < 4.78 is 5.07. The van der Waals surface area contributed by atoms with Crippen molar-refractivity contribution >= 4 is 17.5 Å². The van der Waals surface area contributed by atoms with Crippen LogP contribution < -0.4 is 4.74 Å². The Kier molecular flexibility index (Phi) is 4.98. The molecule has 2 aromatic rings. The molecular weight excluding hydrogens is 258 g/mol. The van der Waals surface area contributed by atoms with Crippen molar-refractivity contribution in [3.63, 3.8) is 0 Å². The number of nitrogens with zero attached hydrogens (tertiary/aromatic N) is 1. The van der Waals surface area contributed by atoms with E-state index in [1.165, 1.54) is 5.56 Å². The maximum absolute atomic E-state index is 12.0. The van der Waals surface area contributed by atoms with Gasteiger partial charge < -0.3 is 4.74 Å². The first kappa shape index (κ1) is 13.6. The highest BCUT2D eigenvalue weighted by atomic mass is 32.2. The van der Waals surface area contributed by atoms with Crippen molar-refractivity contribution in [2.45, 2.75) is 5.75 Å². The van der Waals surface area contributed by atoms with Crippen LogP contribution in [0.2, 0.25) is 0 Å². The summed E-state index contributed by atoms with van der Waals surface area (Å²) in [4.78, 5) is 15.9. The van der Waals surface area contributed by atoms with Crippen LogP contribution in [0.4, 0.5) is 0 Å². The summed E-state index contributed by atoms with van der Waals surface area (Å²) in [6, 6.07) is 11.1. The van der Waals surface area contributed by atoms with Crippen LogP contribution in [-0.4, -0.2) is 23.6 Å². The lowest BCUT2D eigenvalue weighted by Crippen LogP contribution is -2.02. The number of hydrogen-bond donors (Lipinski definition) is 0.